The second kappa shape index (κ2) is 7.71. The van der Waals surface area contributed by atoms with Crippen molar-refractivity contribution in [3.63, 3.8) is 0 Å². The van der Waals surface area contributed by atoms with E-state index in [2.05, 4.69) is 0 Å². The van der Waals surface area contributed by atoms with Gasteiger partial charge in [-0.3, -0.25) is 0 Å². The molecule has 0 fully saturated rings. The summed E-state index contributed by atoms with van der Waals surface area (Å²) in [6, 6.07) is 2.45. The SMILES string of the molecule is CS(=O)(=O)N(C[C@H](c1ccccc1F)N(S(C)(=O)=O)S(C)(=O)=O)S(C)(=O)=O. The molecule has 0 aliphatic heterocycles. The Morgan fingerprint density at radius 3 is 1.52 bits per heavy atom. The molecule has 0 N–H and O–H groups in total. The largest absolute Gasteiger partial charge is 0.224 e. The summed E-state index contributed by atoms with van der Waals surface area (Å²) in [6.07, 6.45) is 2.12. The first-order valence-electron chi connectivity index (χ1n) is 6.98. The number of nitrogens with zero attached hydrogens (tertiary/aromatic N) is 2. The maximum atomic E-state index is 14.3. The lowest BCUT2D eigenvalue weighted by molar-refractivity contribution is 0.379. The van der Waals surface area contributed by atoms with Crippen molar-refractivity contribution in [2.75, 3.05) is 31.6 Å². The minimum atomic E-state index is -4.56. The van der Waals surface area contributed by atoms with Crippen LogP contribution in [0.3, 0.4) is 0 Å². The van der Waals surface area contributed by atoms with Crippen LogP contribution in [0.1, 0.15) is 11.6 Å². The van der Waals surface area contributed by atoms with Crippen LogP contribution in [0, 0.1) is 5.82 Å². The summed E-state index contributed by atoms with van der Waals surface area (Å²) in [5.41, 5.74) is -0.509. The molecule has 0 saturated carbocycles. The Kier molecular flexibility index (Phi) is 6.83. The average molecular weight is 467 g/mol. The lowest BCUT2D eigenvalue weighted by Crippen LogP contribution is -2.46. The molecule has 0 unspecified atom stereocenters. The smallest absolute Gasteiger partial charge is 0.212 e. The van der Waals surface area contributed by atoms with Crippen molar-refractivity contribution in [3.05, 3.63) is 35.6 Å². The number of benzene rings is 1. The Hall–Kier alpha value is -1.13. The number of sulfonamides is 4. The van der Waals surface area contributed by atoms with Crippen LogP contribution in [-0.4, -0.2) is 72.7 Å². The Bertz CT molecular complexity index is 1060. The van der Waals surface area contributed by atoms with E-state index in [1.54, 1.807) is 0 Å². The van der Waals surface area contributed by atoms with E-state index < -0.39 is 64.1 Å². The predicted octanol–water partition coefficient (Wildman–Crippen LogP) is -0.691. The Balaban J connectivity index is 3.84. The zero-order valence-electron chi connectivity index (χ0n) is 14.8. The van der Waals surface area contributed by atoms with Crippen molar-refractivity contribution in [1.29, 1.82) is 0 Å². The molecule has 0 spiro atoms. The Morgan fingerprint density at radius 1 is 0.778 bits per heavy atom. The van der Waals surface area contributed by atoms with E-state index in [0.717, 1.165) is 12.1 Å². The molecule has 0 saturated heterocycles. The van der Waals surface area contributed by atoms with Crippen LogP contribution in [-0.2, 0) is 40.1 Å². The standard InChI is InChI=1S/C12H19FN2O8S4/c1-24(16,17)14(25(2,18)19)9-12(10-7-5-6-8-11(10)13)15(26(3,20)21)27(4,22)23/h5-8,12H,9H2,1-4H3/t12-/m1/s1. The highest BCUT2D eigenvalue weighted by Gasteiger charge is 2.41. The van der Waals surface area contributed by atoms with E-state index >= 15 is 0 Å². The summed E-state index contributed by atoms with van der Waals surface area (Å²) in [5, 5.41) is 0. The van der Waals surface area contributed by atoms with E-state index in [-0.39, 0.29) is 7.42 Å². The molecule has 1 aromatic rings. The molecule has 0 bridgehead atoms. The van der Waals surface area contributed by atoms with Gasteiger partial charge in [-0.05, 0) is 6.07 Å². The van der Waals surface area contributed by atoms with Gasteiger partial charge in [0, 0.05) is 5.56 Å². The van der Waals surface area contributed by atoms with Gasteiger partial charge in [0.2, 0.25) is 40.1 Å². The summed E-state index contributed by atoms with van der Waals surface area (Å²) < 4.78 is 110. The maximum absolute atomic E-state index is 14.3. The summed E-state index contributed by atoms with van der Waals surface area (Å²) in [5.74, 6) is -1.04. The van der Waals surface area contributed by atoms with Gasteiger partial charge in [0.05, 0.1) is 37.6 Å². The average Bonchev–Trinajstić information content (AvgIpc) is 2.38. The van der Waals surface area contributed by atoms with Crippen molar-refractivity contribution in [2.45, 2.75) is 6.04 Å². The lowest BCUT2D eigenvalue weighted by Gasteiger charge is -2.31. The van der Waals surface area contributed by atoms with Gasteiger partial charge in [-0.2, -0.15) is 0 Å². The quantitative estimate of drug-likeness (QED) is 0.490. The molecule has 1 rings (SSSR count). The van der Waals surface area contributed by atoms with E-state index in [1.807, 2.05) is 0 Å². The highest BCUT2D eigenvalue weighted by molar-refractivity contribution is 8.04. The molecule has 1 aromatic carbocycles. The highest BCUT2D eigenvalue weighted by atomic mass is 32.3. The van der Waals surface area contributed by atoms with Crippen LogP contribution in [0.2, 0.25) is 0 Å². The summed E-state index contributed by atoms with van der Waals surface area (Å²) >= 11 is 0. The predicted molar refractivity (Wildman–Crippen MR) is 97.1 cm³/mol. The van der Waals surface area contributed by atoms with Gasteiger partial charge < -0.3 is 0 Å². The fourth-order valence-electron chi connectivity index (χ4n) is 2.39. The number of halogens is 1. The van der Waals surface area contributed by atoms with Crippen molar-refractivity contribution in [3.8, 4) is 0 Å². The van der Waals surface area contributed by atoms with Crippen LogP contribution < -0.4 is 0 Å². The van der Waals surface area contributed by atoms with Gasteiger partial charge in [-0.1, -0.05) is 25.6 Å². The topological polar surface area (TPSA) is 143 Å². The number of rotatable bonds is 8. The summed E-state index contributed by atoms with van der Waals surface area (Å²) in [6.45, 7) is -1.17. The fourth-order valence-corrected chi connectivity index (χ4v) is 8.43. The molecule has 1 atom stereocenters. The van der Waals surface area contributed by atoms with Crippen LogP contribution >= 0.6 is 0 Å². The lowest BCUT2D eigenvalue weighted by atomic mass is 10.1. The van der Waals surface area contributed by atoms with Gasteiger partial charge in [-0.25, -0.2) is 38.1 Å². The highest BCUT2D eigenvalue weighted by Crippen LogP contribution is 2.30. The van der Waals surface area contributed by atoms with Crippen molar-refractivity contribution < 1.29 is 38.1 Å². The van der Waals surface area contributed by atoms with Crippen LogP contribution in [0.5, 0.6) is 0 Å². The summed E-state index contributed by atoms with van der Waals surface area (Å²) in [4.78, 5) is 0. The second-order valence-corrected chi connectivity index (χ2v) is 13.8. The minimum absolute atomic E-state index is 0.0829. The van der Waals surface area contributed by atoms with Crippen LogP contribution in [0.15, 0.2) is 24.3 Å². The van der Waals surface area contributed by atoms with E-state index in [0.29, 0.717) is 25.0 Å². The normalized spacial score (nSPS) is 15.2. The minimum Gasteiger partial charge on any atom is -0.212 e. The molecular formula is C12H19FN2O8S4. The fraction of sp³-hybridized carbons (Fsp3) is 0.500. The van der Waals surface area contributed by atoms with Crippen molar-refractivity contribution in [2.24, 2.45) is 0 Å². The molecule has 0 heterocycles. The molecule has 0 aliphatic carbocycles. The number of hydrogen-bond donors (Lipinski definition) is 0. The molecule has 156 valence electrons. The summed E-state index contributed by atoms with van der Waals surface area (Å²) in [7, 11) is -18.0. The molecule has 0 amide bonds. The third kappa shape index (κ3) is 6.18. The van der Waals surface area contributed by atoms with Gasteiger partial charge in [0.1, 0.15) is 5.82 Å². The van der Waals surface area contributed by atoms with E-state index in [1.165, 1.54) is 12.1 Å². The third-order valence-electron chi connectivity index (χ3n) is 3.23. The first kappa shape index (κ1) is 23.9. The van der Waals surface area contributed by atoms with Gasteiger partial charge in [0.25, 0.3) is 0 Å². The van der Waals surface area contributed by atoms with Gasteiger partial charge in [0.15, 0.2) is 0 Å². The zero-order chi connectivity index (χ0) is 21.4. The van der Waals surface area contributed by atoms with E-state index in [4.69, 9.17) is 0 Å². The van der Waals surface area contributed by atoms with Crippen LogP contribution in [0.4, 0.5) is 4.39 Å². The molecule has 0 aromatic heterocycles. The monoisotopic (exact) mass is 466 g/mol. The first-order chi connectivity index (χ1) is 11.9. The molecule has 15 heteroatoms. The van der Waals surface area contributed by atoms with Gasteiger partial charge in [-0.15, -0.1) is 0 Å². The molecule has 0 aliphatic rings. The zero-order valence-corrected chi connectivity index (χ0v) is 18.0. The maximum Gasteiger partial charge on any atom is 0.224 e. The second-order valence-electron chi connectivity index (χ2n) is 5.77. The molecule has 0 radical (unpaired) electrons. The van der Waals surface area contributed by atoms with E-state index in [9.17, 15) is 38.1 Å². The Morgan fingerprint density at radius 2 is 1.19 bits per heavy atom. The molecule has 27 heavy (non-hydrogen) atoms. The van der Waals surface area contributed by atoms with Gasteiger partial charge >= 0.3 is 0 Å². The molecular weight excluding hydrogens is 447 g/mol. The third-order valence-corrected chi connectivity index (χ3v) is 10.1. The van der Waals surface area contributed by atoms with Crippen LogP contribution in [0.25, 0.3) is 0 Å². The first-order valence-corrected chi connectivity index (χ1v) is 14.4. The van der Waals surface area contributed by atoms with Crippen molar-refractivity contribution in [1.82, 2.24) is 7.42 Å². The van der Waals surface area contributed by atoms with Crippen molar-refractivity contribution >= 4 is 40.1 Å². The number of hydrogen-bond acceptors (Lipinski definition) is 8. The molecule has 10 nitrogen and oxygen atoms in total. The Labute approximate surface area is 158 Å².